The minimum atomic E-state index is -0.376. The molecule has 3 aromatic rings. The highest BCUT2D eigenvalue weighted by Gasteiger charge is 2.40. The van der Waals surface area contributed by atoms with E-state index in [4.69, 9.17) is 4.74 Å². The highest BCUT2D eigenvalue weighted by Crippen LogP contribution is 2.35. The van der Waals surface area contributed by atoms with Gasteiger partial charge in [0.15, 0.2) is 0 Å². The number of hydrogen-bond donors (Lipinski definition) is 1. The van der Waals surface area contributed by atoms with Crippen LogP contribution in [0.15, 0.2) is 72.4 Å². The third-order valence-electron chi connectivity index (χ3n) is 5.75. The molecular weight excluding hydrogens is 412 g/mol. The van der Waals surface area contributed by atoms with Crippen LogP contribution < -0.4 is 15.0 Å². The summed E-state index contributed by atoms with van der Waals surface area (Å²) < 4.78 is 5.73. The topological polar surface area (TPSA) is 58.6 Å². The Morgan fingerprint density at radius 2 is 1.61 bits per heavy atom. The Morgan fingerprint density at radius 1 is 0.848 bits per heavy atom. The number of hydrogen-bond acceptors (Lipinski definition) is 4. The average Bonchev–Trinajstić information content (AvgIpc) is 3.04. The van der Waals surface area contributed by atoms with Crippen LogP contribution >= 0.6 is 0 Å². The monoisotopic (exact) mass is 440 g/mol. The molecule has 0 aliphatic carbocycles. The molecule has 0 atom stereocenters. The third kappa shape index (κ3) is 4.53. The SMILES string of the molecule is CCCOc1cccc(NC2=C(c3ccc(C)cc3)C(=O)N(c3ccc(C)c(C)c3)C2=O)c1. The third-order valence-corrected chi connectivity index (χ3v) is 5.75. The molecule has 0 saturated carbocycles. The first-order valence-electron chi connectivity index (χ1n) is 11.2. The van der Waals surface area contributed by atoms with Gasteiger partial charge in [-0.05, 0) is 68.1 Å². The van der Waals surface area contributed by atoms with Crippen molar-refractivity contribution in [2.75, 3.05) is 16.8 Å². The highest BCUT2D eigenvalue weighted by molar-refractivity contribution is 6.46. The van der Waals surface area contributed by atoms with Gasteiger partial charge in [-0.1, -0.05) is 48.9 Å². The molecular formula is C28H28N2O3. The lowest BCUT2D eigenvalue weighted by Crippen LogP contribution is -2.32. The Bertz CT molecular complexity index is 1240. The summed E-state index contributed by atoms with van der Waals surface area (Å²) in [5, 5.41) is 3.21. The van der Waals surface area contributed by atoms with Crippen LogP contribution in [0.3, 0.4) is 0 Å². The minimum Gasteiger partial charge on any atom is -0.494 e. The number of anilines is 2. The van der Waals surface area contributed by atoms with Crippen molar-refractivity contribution in [3.63, 3.8) is 0 Å². The van der Waals surface area contributed by atoms with Gasteiger partial charge < -0.3 is 10.1 Å². The van der Waals surface area contributed by atoms with Gasteiger partial charge in [-0.15, -0.1) is 0 Å². The second kappa shape index (κ2) is 9.33. The Hall–Kier alpha value is -3.86. The summed E-state index contributed by atoms with van der Waals surface area (Å²) in [4.78, 5) is 28.4. The molecule has 0 aromatic heterocycles. The number of amides is 2. The molecule has 0 fully saturated rings. The predicted molar refractivity (Wildman–Crippen MR) is 132 cm³/mol. The van der Waals surface area contributed by atoms with Gasteiger partial charge in [-0.25, -0.2) is 4.90 Å². The molecule has 2 amide bonds. The van der Waals surface area contributed by atoms with Crippen LogP contribution in [-0.2, 0) is 9.59 Å². The minimum absolute atomic E-state index is 0.259. The van der Waals surface area contributed by atoms with Crippen molar-refractivity contribution in [3.8, 4) is 5.75 Å². The highest BCUT2D eigenvalue weighted by atomic mass is 16.5. The molecule has 33 heavy (non-hydrogen) atoms. The molecule has 3 aromatic carbocycles. The van der Waals surface area contributed by atoms with E-state index in [0.717, 1.165) is 23.1 Å². The van der Waals surface area contributed by atoms with E-state index in [0.29, 0.717) is 34.9 Å². The van der Waals surface area contributed by atoms with Gasteiger partial charge in [-0.3, -0.25) is 9.59 Å². The Kier molecular flexibility index (Phi) is 6.31. The van der Waals surface area contributed by atoms with Crippen LogP contribution in [0.1, 0.15) is 35.6 Å². The van der Waals surface area contributed by atoms with Crippen LogP contribution in [0.2, 0.25) is 0 Å². The quantitative estimate of drug-likeness (QED) is 0.472. The van der Waals surface area contributed by atoms with Crippen molar-refractivity contribution >= 4 is 28.8 Å². The number of rotatable bonds is 7. The first kappa shape index (κ1) is 22.3. The van der Waals surface area contributed by atoms with E-state index in [9.17, 15) is 9.59 Å². The summed E-state index contributed by atoms with van der Waals surface area (Å²) in [7, 11) is 0. The zero-order chi connectivity index (χ0) is 23.5. The zero-order valence-corrected chi connectivity index (χ0v) is 19.4. The first-order chi connectivity index (χ1) is 15.9. The maximum atomic E-state index is 13.6. The number of carbonyl (C=O) groups is 2. The molecule has 168 valence electrons. The van der Waals surface area contributed by atoms with Gasteiger partial charge in [0.1, 0.15) is 11.4 Å². The summed E-state index contributed by atoms with van der Waals surface area (Å²) in [6.07, 6.45) is 0.901. The van der Waals surface area contributed by atoms with Gasteiger partial charge >= 0.3 is 0 Å². The molecule has 1 heterocycles. The van der Waals surface area contributed by atoms with Crippen molar-refractivity contribution in [1.82, 2.24) is 0 Å². The zero-order valence-electron chi connectivity index (χ0n) is 19.4. The molecule has 0 bridgehead atoms. The number of carbonyl (C=O) groups excluding carboxylic acids is 2. The van der Waals surface area contributed by atoms with Crippen LogP contribution in [0.4, 0.5) is 11.4 Å². The Morgan fingerprint density at radius 3 is 2.30 bits per heavy atom. The van der Waals surface area contributed by atoms with Crippen molar-refractivity contribution in [3.05, 3.63) is 94.7 Å². The van der Waals surface area contributed by atoms with Crippen molar-refractivity contribution in [1.29, 1.82) is 0 Å². The van der Waals surface area contributed by atoms with E-state index in [-0.39, 0.29) is 17.5 Å². The van der Waals surface area contributed by atoms with E-state index in [1.165, 1.54) is 4.90 Å². The molecule has 0 spiro atoms. The fourth-order valence-electron chi connectivity index (χ4n) is 3.76. The van der Waals surface area contributed by atoms with Crippen LogP contribution in [0.5, 0.6) is 5.75 Å². The van der Waals surface area contributed by atoms with Crippen molar-refractivity contribution in [2.45, 2.75) is 34.1 Å². The smallest absolute Gasteiger partial charge is 0.282 e. The molecule has 5 heteroatoms. The number of benzene rings is 3. The van der Waals surface area contributed by atoms with Gasteiger partial charge in [0.25, 0.3) is 11.8 Å². The van der Waals surface area contributed by atoms with Crippen molar-refractivity contribution < 1.29 is 14.3 Å². The molecule has 0 unspecified atom stereocenters. The lowest BCUT2D eigenvalue weighted by atomic mass is 10.0. The Balaban J connectivity index is 1.77. The van der Waals surface area contributed by atoms with E-state index >= 15 is 0 Å². The second-order valence-corrected chi connectivity index (χ2v) is 8.33. The molecule has 1 N–H and O–H groups in total. The molecule has 1 aliphatic heterocycles. The lowest BCUT2D eigenvalue weighted by molar-refractivity contribution is -0.120. The largest absolute Gasteiger partial charge is 0.494 e. The van der Waals surface area contributed by atoms with Crippen LogP contribution in [-0.4, -0.2) is 18.4 Å². The summed E-state index contributed by atoms with van der Waals surface area (Å²) in [6, 6.07) is 20.7. The maximum Gasteiger partial charge on any atom is 0.282 e. The number of nitrogens with zero attached hydrogens (tertiary/aromatic N) is 1. The molecule has 0 radical (unpaired) electrons. The molecule has 0 saturated heterocycles. The predicted octanol–water partition coefficient (Wildman–Crippen LogP) is 5.80. The fraction of sp³-hybridized carbons (Fsp3) is 0.214. The van der Waals surface area contributed by atoms with Gasteiger partial charge in [0.05, 0.1) is 17.9 Å². The van der Waals surface area contributed by atoms with Gasteiger partial charge in [0.2, 0.25) is 0 Å². The number of imide groups is 1. The summed E-state index contributed by atoms with van der Waals surface area (Å²) in [5.41, 5.74) is 5.77. The first-order valence-corrected chi connectivity index (χ1v) is 11.2. The standard InChI is InChI=1S/C28H28N2O3/c1-5-15-33-24-8-6-7-22(17-24)29-26-25(21-12-9-18(2)10-13-21)27(31)30(28(26)32)23-14-11-19(3)20(4)16-23/h6-14,16-17,29H,5,15H2,1-4H3. The Labute approximate surface area is 194 Å². The second-order valence-electron chi connectivity index (χ2n) is 8.33. The van der Waals surface area contributed by atoms with E-state index < -0.39 is 0 Å². The maximum absolute atomic E-state index is 13.6. The fourth-order valence-corrected chi connectivity index (χ4v) is 3.76. The molecule has 1 aliphatic rings. The van der Waals surface area contributed by atoms with Crippen LogP contribution in [0.25, 0.3) is 5.57 Å². The van der Waals surface area contributed by atoms with E-state index in [2.05, 4.69) is 5.32 Å². The number of nitrogens with one attached hydrogen (secondary N) is 1. The average molecular weight is 441 g/mol. The summed E-state index contributed by atoms with van der Waals surface area (Å²) in [5.74, 6) is -0.00572. The molecule has 4 rings (SSSR count). The number of ether oxygens (including phenoxy) is 1. The van der Waals surface area contributed by atoms with Gasteiger partial charge in [0, 0.05) is 11.8 Å². The van der Waals surface area contributed by atoms with Crippen molar-refractivity contribution in [2.24, 2.45) is 0 Å². The normalized spacial score (nSPS) is 13.6. The van der Waals surface area contributed by atoms with E-state index in [1.54, 1.807) is 0 Å². The number of aryl methyl sites for hydroxylation is 3. The summed E-state index contributed by atoms with van der Waals surface area (Å²) >= 11 is 0. The van der Waals surface area contributed by atoms with Gasteiger partial charge in [-0.2, -0.15) is 0 Å². The lowest BCUT2D eigenvalue weighted by Gasteiger charge is -2.17. The van der Waals surface area contributed by atoms with Crippen LogP contribution in [0, 0.1) is 20.8 Å². The van der Waals surface area contributed by atoms with E-state index in [1.807, 2.05) is 94.4 Å². The molecule has 5 nitrogen and oxygen atoms in total. The summed E-state index contributed by atoms with van der Waals surface area (Å²) in [6.45, 7) is 8.62.